The molecule has 1 N–H and O–H groups in total. The Kier molecular flexibility index (Phi) is 3.90. The molecule has 102 valence electrons. The van der Waals surface area contributed by atoms with Crippen molar-refractivity contribution in [2.75, 3.05) is 0 Å². The van der Waals surface area contributed by atoms with E-state index < -0.39 is 5.97 Å². The highest BCUT2D eigenvalue weighted by Crippen LogP contribution is 2.29. The minimum absolute atomic E-state index is 0.244. The molecule has 0 amide bonds. The summed E-state index contributed by atoms with van der Waals surface area (Å²) in [6.07, 6.45) is 3.49. The van der Waals surface area contributed by atoms with Crippen molar-refractivity contribution in [3.05, 3.63) is 34.0 Å². The third-order valence-corrected chi connectivity index (χ3v) is 3.71. The maximum absolute atomic E-state index is 11.1. The largest absolute Gasteiger partial charge is 0.486 e. The van der Waals surface area contributed by atoms with Gasteiger partial charge in [-0.3, -0.25) is 0 Å². The normalized spacial score (nSPS) is 10.9. The van der Waals surface area contributed by atoms with Gasteiger partial charge >= 0.3 is 5.97 Å². The quantitative estimate of drug-likeness (QED) is 0.914. The van der Waals surface area contributed by atoms with Crippen LogP contribution in [0.2, 0.25) is 0 Å². The minimum atomic E-state index is -0.953. The highest BCUT2D eigenvalue weighted by Gasteiger charge is 2.16. The van der Waals surface area contributed by atoms with Gasteiger partial charge in [0.15, 0.2) is 4.88 Å². The van der Waals surface area contributed by atoms with Gasteiger partial charge in [0.1, 0.15) is 12.4 Å². The average Bonchev–Trinajstić information content (AvgIpc) is 2.92. The molecule has 0 aromatic carbocycles. The second-order valence-electron chi connectivity index (χ2n) is 4.53. The average molecular weight is 280 g/mol. The van der Waals surface area contributed by atoms with Gasteiger partial charge in [0, 0.05) is 10.9 Å². The third kappa shape index (κ3) is 2.96. The van der Waals surface area contributed by atoms with Crippen molar-refractivity contribution >= 4 is 17.3 Å². The van der Waals surface area contributed by atoms with Crippen LogP contribution in [0.1, 0.15) is 40.1 Å². The molecule has 0 radical (unpaired) electrons. The lowest BCUT2D eigenvalue weighted by molar-refractivity contribution is 0.0697. The number of carboxylic acids is 1. The predicted octanol–water partition coefficient (Wildman–Crippen LogP) is 3.11. The van der Waals surface area contributed by atoms with Crippen LogP contribution in [0.3, 0.4) is 0 Å². The summed E-state index contributed by atoms with van der Waals surface area (Å²) in [5.41, 5.74) is 0.926. The van der Waals surface area contributed by atoms with E-state index in [1.54, 1.807) is 18.6 Å². The van der Waals surface area contributed by atoms with Crippen molar-refractivity contribution in [3.8, 4) is 5.75 Å². The molecule has 5 nitrogen and oxygen atoms in total. The molecule has 2 rings (SSSR count). The summed E-state index contributed by atoms with van der Waals surface area (Å²) in [6.45, 7) is 6.29. The van der Waals surface area contributed by atoms with E-state index in [2.05, 4.69) is 18.8 Å². The zero-order chi connectivity index (χ0) is 14.0. The first-order valence-corrected chi connectivity index (χ1v) is 6.78. The minimum Gasteiger partial charge on any atom is -0.486 e. The van der Waals surface area contributed by atoms with E-state index in [9.17, 15) is 4.79 Å². The van der Waals surface area contributed by atoms with Crippen LogP contribution in [0.4, 0.5) is 0 Å². The molecule has 0 spiro atoms. The van der Waals surface area contributed by atoms with Crippen molar-refractivity contribution in [3.63, 3.8) is 0 Å². The van der Waals surface area contributed by atoms with Gasteiger partial charge in [-0.05, 0) is 26.8 Å². The number of aromatic carboxylic acids is 1. The van der Waals surface area contributed by atoms with Crippen molar-refractivity contribution in [1.82, 2.24) is 9.55 Å². The second kappa shape index (κ2) is 5.44. The predicted molar refractivity (Wildman–Crippen MR) is 73.0 cm³/mol. The molecule has 19 heavy (non-hydrogen) atoms. The number of imidazole rings is 1. The Labute approximate surface area is 115 Å². The van der Waals surface area contributed by atoms with Gasteiger partial charge < -0.3 is 14.4 Å². The zero-order valence-corrected chi connectivity index (χ0v) is 11.9. The summed E-state index contributed by atoms with van der Waals surface area (Å²) in [5.74, 6) is -0.531. The number of aromatic nitrogens is 2. The molecule has 2 aromatic rings. The topological polar surface area (TPSA) is 64.4 Å². The fourth-order valence-corrected chi connectivity index (χ4v) is 2.60. The number of carbonyl (C=O) groups is 1. The number of ether oxygens (including phenoxy) is 1. The Bertz CT molecular complexity index is 586. The smallest absolute Gasteiger partial charge is 0.349 e. The molecule has 6 heteroatoms. The molecule has 0 saturated carbocycles. The van der Waals surface area contributed by atoms with E-state index in [4.69, 9.17) is 9.84 Å². The summed E-state index contributed by atoms with van der Waals surface area (Å²) in [6, 6.07) is 2.05. The molecular formula is C13H16N2O3S. The lowest BCUT2D eigenvalue weighted by atomic mass is 10.3. The number of thiophene rings is 1. The fourth-order valence-electron chi connectivity index (χ4n) is 1.81. The van der Waals surface area contributed by atoms with Crippen LogP contribution in [-0.2, 0) is 6.61 Å². The molecule has 0 unspecified atom stereocenters. The van der Waals surface area contributed by atoms with Crippen molar-refractivity contribution in [2.45, 2.75) is 33.4 Å². The monoisotopic (exact) mass is 280 g/mol. The number of nitrogens with zero attached hydrogens (tertiary/aromatic N) is 2. The Hall–Kier alpha value is -1.82. The van der Waals surface area contributed by atoms with Gasteiger partial charge in [-0.15, -0.1) is 11.3 Å². The van der Waals surface area contributed by atoms with Gasteiger partial charge in [-0.2, -0.15) is 0 Å². The van der Waals surface area contributed by atoms with Crippen LogP contribution in [-0.4, -0.2) is 20.6 Å². The standard InChI is InChI=1S/C13H16N2O3S/c1-8(2)15-7-14-5-10(15)6-18-11-4-9(3)19-12(11)13(16)17/h4-5,7-8H,6H2,1-3H3,(H,16,17). The van der Waals surface area contributed by atoms with Crippen molar-refractivity contribution in [2.24, 2.45) is 0 Å². The SMILES string of the molecule is Cc1cc(OCc2cncn2C(C)C)c(C(=O)O)s1. The molecule has 0 bridgehead atoms. The van der Waals surface area contributed by atoms with Gasteiger partial charge in [0.05, 0.1) is 18.2 Å². The third-order valence-electron chi connectivity index (χ3n) is 2.69. The van der Waals surface area contributed by atoms with Crippen LogP contribution >= 0.6 is 11.3 Å². The lowest BCUT2D eigenvalue weighted by Gasteiger charge is -2.12. The maximum atomic E-state index is 11.1. The summed E-state index contributed by atoms with van der Waals surface area (Å²) < 4.78 is 7.62. The number of aryl methyl sites for hydroxylation is 1. The fraction of sp³-hybridized carbons (Fsp3) is 0.385. The Morgan fingerprint density at radius 2 is 2.32 bits per heavy atom. The number of rotatable bonds is 5. The number of hydrogen-bond acceptors (Lipinski definition) is 4. The van der Waals surface area contributed by atoms with Crippen molar-refractivity contribution < 1.29 is 14.6 Å². The summed E-state index contributed by atoms with van der Waals surface area (Å²) >= 11 is 1.22. The van der Waals surface area contributed by atoms with E-state index in [-0.39, 0.29) is 4.88 Å². The first-order valence-electron chi connectivity index (χ1n) is 5.96. The highest BCUT2D eigenvalue weighted by atomic mass is 32.1. The van der Waals surface area contributed by atoms with Crippen LogP contribution in [0.5, 0.6) is 5.75 Å². The number of hydrogen-bond donors (Lipinski definition) is 1. The number of carboxylic acid groups (broad SMARTS) is 1. The Morgan fingerprint density at radius 3 is 2.95 bits per heavy atom. The maximum Gasteiger partial charge on any atom is 0.349 e. The molecule has 0 aliphatic heterocycles. The van der Waals surface area contributed by atoms with Crippen molar-refractivity contribution in [1.29, 1.82) is 0 Å². The molecule has 2 heterocycles. The van der Waals surface area contributed by atoms with Gasteiger partial charge in [-0.25, -0.2) is 9.78 Å². The molecule has 0 saturated heterocycles. The molecule has 0 atom stereocenters. The Morgan fingerprint density at radius 1 is 1.58 bits per heavy atom. The van der Waals surface area contributed by atoms with Crippen LogP contribution in [0.15, 0.2) is 18.6 Å². The second-order valence-corrected chi connectivity index (χ2v) is 5.79. The molecule has 2 aromatic heterocycles. The van der Waals surface area contributed by atoms with E-state index in [1.165, 1.54) is 11.3 Å². The Balaban J connectivity index is 2.14. The van der Waals surface area contributed by atoms with E-state index in [0.29, 0.717) is 18.4 Å². The van der Waals surface area contributed by atoms with Gasteiger partial charge in [0.25, 0.3) is 0 Å². The first kappa shape index (κ1) is 13.6. The molecular weight excluding hydrogens is 264 g/mol. The first-order chi connectivity index (χ1) is 8.99. The van der Waals surface area contributed by atoms with E-state index >= 15 is 0 Å². The van der Waals surface area contributed by atoms with Crippen LogP contribution in [0, 0.1) is 6.92 Å². The summed E-state index contributed by atoms with van der Waals surface area (Å²) in [5, 5.41) is 9.09. The molecule has 0 aliphatic carbocycles. The summed E-state index contributed by atoms with van der Waals surface area (Å²) in [7, 11) is 0. The molecule has 0 fully saturated rings. The molecule has 0 aliphatic rings. The van der Waals surface area contributed by atoms with E-state index in [0.717, 1.165) is 10.6 Å². The van der Waals surface area contributed by atoms with Crippen LogP contribution < -0.4 is 4.74 Å². The van der Waals surface area contributed by atoms with Crippen LogP contribution in [0.25, 0.3) is 0 Å². The van der Waals surface area contributed by atoms with Gasteiger partial charge in [-0.1, -0.05) is 0 Å². The highest BCUT2D eigenvalue weighted by molar-refractivity contribution is 7.14. The lowest BCUT2D eigenvalue weighted by Crippen LogP contribution is -2.08. The zero-order valence-electron chi connectivity index (χ0n) is 11.1. The summed E-state index contributed by atoms with van der Waals surface area (Å²) in [4.78, 5) is 16.3. The van der Waals surface area contributed by atoms with Gasteiger partial charge in [0.2, 0.25) is 0 Å². The van der Waals surface area contributed by atoms with E-state index in [1.807, 2.05) is 11.5 Å².